The van der Waals surface area contributed by atoms with Gasteiger partial charge in [-0.25, -0.2) is 15.0 Å². The maximum absolute atomic E-state index is 9.40. The first-order valence-electron chi connectivity index (χ1n) is 22.0. The smallest absolute Gasteiger partial charge is 0.164 e. The van der Waals surface area contributed by atoms with Crippen molar-refractivity contribution in [2.24, 2.45) is 17.8 Å². The molecule has 0 aliphatic heterocycles. The quantitative estimate of drug-likeness (QED) is 0.160. The second kappa shape index (κ2) is 15.4. The zero-order valence-electron chi connectivity index (χ0n) is 35.1. The predicted octanol–water partition coefficient (Wildman–Crippen LogP) is 14.7. The molecule has 4 atom stereocenters. The summed E-state index contributed by atoms with van der Waals surface area (Å²) in [7, 11) is 0. The molecule has 2 aliphatic rings. The first-order valence-corrected chi connectivity index (χ1v) is 22.0. The summed E-state index contributed by atoms with van der Waals surface area (Å²) >= 11 is 0. The van der Waals surface area contributed by atoms with E-state index in [0.29, 0.717) is 23.0 Å². The van der Waals surface area contributed by atoms with E-state index in [9.17, 15) is 5.26 Å². The average Bonchev–Trinajstić information content (AvgIpc) is 3.71. The molecule has 300 valence electrons. The number of nitriles is 1. The molecule has 0 amide bonds. The van der Waals surface area contributed by atoms with Gasteiger partial charge in [0.05, 0.1) is 11.6 Å². The Bertz CT molecular complexity index is 3140. The van der Waals surface area contributed by atoms with Gasteiger partial charge in [-0.1, -0.05) is 147 Å². The highest BCUT2D eigenvalue weighted by Crippen LogP contribution is 2.54. The molecule has 2 aliphatic carbocycles. The molecule has 0 radical (unpaired) electrons. The summed E-state index contributed by atoms with van der Waals surface area (Å²) in [5, 5.41) is 11.4. The minimum absolute atomic E-state index is 0.287. The van der Waals surface area contributed by atoms with Crippen LogP contribution in [0.2, 0.25) is 0 Å². The van der Waals surface area contributed by atoms with Crippen LogP contribution < -0.4 is 0 Å². The summed E-state index contributed by atoms with van der Waals surface area (Å²) in [6.07, 6.45) is 6.65. The van der Waals surface area contributed by atoms with Crippen LogP contribution in [0.4, 0.5) is 0 Å². The van der Waals surface area contributed by atoms with Gasteiger partial charge < -0.3 is 4.42 Å². The Hall–Kier alpha value is -7.16. The maximum atomic E-state index is 9.40. The lowest BCUT2D eigenvalue weighted by molar-refractivity contribution is 0.0780. The zero-order chi connectivity index (χ0) is 41.8. The highest BCUT2D eigenvalue weighted by atomic mass is 16.3. The van der Waals surface area contributed by atoms with Crippen molar-refractivity contribution in [3.63, 3.8) is 0 Å². The van der Waals surface area contributed by atoms with E-state index < -0.39 is 0 Å². The molecule has 0 N–H and O–H groups in total. The standard InChI is InChI=1S/C57H46N4O/c1-36-28-39-29-37(2)33-57(32-36,34-39)47-26-24-42(25-27-47)48-16-8-17-49-52-50(18-9-19-51(52)62-53(48)49)56-60-54(45-14-6-12-43(30-45)40-10-4-3-5-11-40)59-55(61-56)46-15-7-13-44(31-46)41-22-20-38(35-58)21-23-41/h3-27,30-31,36-37,39H,28-29,32-34H2,1-2H3/t36-,37+,39-,57?. The number of hydrogen-bond acceptors (Lipinski definition) is 5. The van der Waals surface area contributed by atoms with Crippen molar-refractivity contribution in [3.05, 3.63) is 175 Å². The number of fused-ring (bicyclic) bond motifs is 5. The second-order valence-corrected chi connectivity index (χ2v) is 18.0. The van der Waals surface area contributed by atoms with Gasteiger partial charge in [0.2, 0.25) is 0 Å². The van der Waals surface area contributed by atoms with Crippen molar-refractivity contribution in [2.45, 2.75) is 51.4 Å². The third-order valence-corrected chi connectivity index (χ3v) is 13.5. The third-order valence-electron chi connectivity index (χ3n) is 13.5. The summed E-state index contributed by atoms with van der Waals surface area (Å²) in [4.78, 5) is 15.6. The monoisotopic (exact) mass is 802 g/mol. The van der Waals surface area contributed by atoms with Crippen LogP contribution in [-0.2, 0) is 5.41 Å². The topological polar surface area (TPSA) is 75.6 Å². The van der Waals surface area contributed by atoms with Crippen LogP contribution in [0, 0.1) is 29.1 Å². The van der Waals surface area contributed by atoms with Crippen molar-refractivity contribution in [3.8, 4) is 73.6 Å². The lowest BCUT2D eigenvalue weighted by Gasteiger charge is -2.50. The highest BCUT2D eigenvalue weighted by Gasteiger charge is 2.45. The summed E-state index contributed by atoms with van der Waals surface area (Å²) < 4.78 is 6.82. The van der Waals surface area contributed by atoms with E-state index in [1.807, 2.05) is 54.6 Å². The molecular formula is C57H46N4O. The second-order valence-electron chi connectivity index (χ2n) is 18.0. The van der Waals surface area contributed by atoms with Crippen molar-refractivity contribution < 1.29 is 4.42 Å². The first-order chi connectivity index (χ1) is 30.4. The zero-order valence-corrected chi connectivity index (χ0v) is 35.1. The average molecular weight is 803 g/mol. The fourth-order valence-electron chi connectivity index (χ4n) is 11.1. The fourth-order valence-corrected chi connectivity index (χ4v) is 11.1. The number of furan rings is 1. The van der Waals surface area contributed by atoms with E-state index in [0.717, 1.165) is 89.8 Å². The van der Waals surface area contributed by atoms with Gasteiger partial charge in [0.1, 0.15) is 11.2 Å². The molecule has 5 heteroatoms. The van der Waals surface area contributed by atoms with Crippen molar-refractivity contribution in [2.75, 3.05) is 0 Å². The van der Waals surface area contributed by atoms with E-state index in [4.69, 9.17) is 19.4 Å². The van der Waals surface area contributed by atoms with Gasteiger partial charge in [0.15, 0.2) is 17.5 Å². The summed E-state index contributed by atoms with van der Waals surface area (Å²) in [6, 6.07) is 59.0. The minimum atomic E-state index is 0.287. The van der Waals surface area contributed by atoms with E-state index in [1.54, 1.807) is 0 Å². The molecule has 0 saturated heterocycles. The molecule has 2 saturated carbocycles. The Kier molecular flexibility index (Phi) is 9.38. The number of rotatable bonds is 7. The summed E-state index contributed by atoms with van der Waals surface area (Å²) in [5.74, 6) is 4.12. The van der Waals surface area contributed by atoms with Crippen LogP contribution in [-0.4, -0.2) is 15.0 Å². The summed E-state index contributed by atoms with van der Waals surface area (Å²) in [5.41, 5.74) is 13.2. The fraction of sp³-hybridized carbons (Fsp3) is 0.193. The number of para-hydroxylation sites is 1. The molecule has 2 aromatic heterocycles. The van der Waals surface area contributed by atoms with Gasteiger partial charge in [0.25, 0.3) is 0 Å². The van der Waals surface area contributed by atoms with Gasteiger partial charge in [-0.3, -0.25) is 0 Å². The van der Waals surface area contributed by atoms with Crippen LogP contribution in [0.1, 0.15) is 57.1 Å². The van der Waals surface area contributed by atoms with Crippen LogP contribution in [0.25, 0.3) is 89.5 Å². The highest BCUT2D eigenvalue weighted by molar-refractivity contribution is 6.15. The Morgan fingerprint density at radius 1 is 0.516 bits per heavy atom. The molecular weight excluding hydrogens is 757 g/mol. The van der Waals surface area contributed by atoms with Crippen LogP contribution >= 0.6 is 0 Å². The molecule has 2 bridgehead atoms. The number of aromatic nitrogens is 3. The summed E-state index contributed by atoms with van der Waals surface area (Å²) in [6.45, 7) is 4.92. The third kappa shape index (κ3) is 6.86. The van der Waals surface area contributed by atoms with Gasteiger partial charge in [-0.05, 0) is 119 Å². The molecule has 7 aromatic carbocycles. The molecule has 2 heterocycles. The maximum Gasteiger partial charge on any atom is 0.164 e. The number of benzene rings is 7. The van der Waals surface area contributed by atoms with Gasteiger partial charge >= 0.3 is 0 Å². The lowest BCUT2D eigenvalue weighted by Crippen LogP contribution is -2.42. The van der Waals surface area contributed by atoms with Crippen LogP contribution in [0.5, 0.6) is 0 Å². The van der Waals surface area contributed by atoms with Crippen molar-refractivity contribution in [1.82, 2.24) is 15.0 Å². The van der Waals surface area contributed by atoms with E-state index in [1.165, 1.54) is 37.7 Å². The normalized spacial score (nSPS) is 19.7. The van der Waals surface area contributed by atoms with Crippen molar-refractivity contribution >= 4 is 21.9 Å². The molecule has 1 unspecified atom stereocenters. The number of hydrogen-bond donors (Lipinski definition) is 0. The molecule has 11 rings (SSSR count). The van der Waals surface area contributed by atoms with Crippen LogP contribution in [0.3, 0.4) is 0 Å². The Morgan fingerprint density at radius 2 is 1.06 bits per heavy atom. The minimum Gasteiger partial charge on any atom is -0.455 e. The Labute approximate surface area is 362 Å². The molecule has 5 nitrogen and oxygen atoms in total. The van der Waals surface area contributed by atoms with E-state index >= 15 is 0 Å². The SMILES string of the molecule is C[C@@H]1C[C@@H]2C[C@H](C)CC(c3ccc(-c4cccc5c4oc4cccc(-c6nc(-c7cccc(-c8ccccc8)c7)nc(-c7cccc(-c8ccc(C#N)cc8)c7)n6)c45)cc3)(C1)C2. The van der Waals surface area contributed by atoms with E-state index in [-0.39, 0.29) is 5.41 Å². The molecule has 62 heavy (non-hydrogen) atoms. The van der Waals surface area contributed by atoms with Gasteiger partial charge in [-0.15, -0.1) is 0 Å². The Morgan fingerprint density at radius 3 is 1.73 bits per heavy atom. The number of nitrogens with zero attached hydrogens (tertiary/aromatic N) is 4. The molecule has 2 fully saturated rings. The predicted molar refractivity (Wildman–Crippen MR) is 251 cm³/mol. The molecule has 9 aromatic rings. The first kappa shape index (κ1) is 37.8. The van der Waals surface area contributed by atoms with Crippen LogP contribution in [0.15, 0.2) is 168 Å². The van der Waals surface area contributed by atoms with Gasteiger partial charge in [-0.2, -0.15) is 5.26 Å². The largest absolute Gasteiger partial charge is 0.455 e. The van der Waals surface area contributed by atoms with E-state index in [2.05, 4.69) is 129 Å². The lowest BCUT2D eigenvalue weighted by atomic mass is 9.54. The van der Waals surface area contributed by atoms with Crippen molar-refractivity contribution in [1.29, 1.82) is 5.26 Å². The van der Waals surface area contributed by atoms with Gasteiger partial charge in [0, 0.05) is 33.0 Å². The molecule has 0 spiro atoms. The Balaban J connectivity index is 1.03.